The molecule has 0 radical (unpaired) electrons. The van der Waals surface area contributed by atoms with E-state index in [0.717, 1.165) is 37.3 Å². The first kappa shape index (κ1) is 23.0. The summed E-state index contributed by atoms with van der Waals surface area (Å²) in [6.45, 7) is 12.6. The summed E-state index contributed by atoms with van der Waals surface area (Å²) in [6, 6.07) is 16.6. The molecule has 8 nitrogen and oxygen atoms in total. The molecule has 32 heavy (non-hydrogen) atoms. The lowest BCUT2D eigenvalue weighted by atomic mass is 10.2. The monoisotopic (exact) mass is 432 g/mol. The molecule has 0 aliphatic rings. The van der Waals surface area contributed by atoms with E-state index < -0.39 is 0 Å². The Morgan fingerprint density at radius 1 is 0.781 bits per heavy atom. The molecule has 0 fully saturated rings. The summed E-state index contributed by atoms with van der Waals surface area (Å²) in [5.41, 5.74) is 7.31. The molecular weight excluding hydrogens is 400 g/mol. The van der Waals surface area contributed by atoms with E-state index in [0.29, 0.717) is 5.95 Å². The minimum absolute atomic E-state index is 0.442. The first-order valence-corrected chi connectivity index (χ1v) is 11.1. The molecule has 0 aliphatic carbocycles. The van der Waals surface area contributed by atoms with Crippen LogP contribution in [0.2, 0.25) is 0 Å². The lowest BCUT2D eigenvalue weighted by Gasteiger charge is -2.20. The van der Waals surface area contributed by atoms with E-state index in [2.05, 4.69) is 99.7 Å². The van der Waals surface area contributed by atoms with Crippen molar-refractivity contribution in [3.05, 3.63) is 66.0 Å². The molecule has 0 saturated heterocycles. The molecular formula is C24H32N8. The van der Waals surface area contributed by atoms with E-state index in [1.54, 1.807) is 17.1 Å². The van der Waals surface area contributed by atoms with Crippen molar-refractivity contribution in [2.45, 2.75) is 27.7 Å². The van der Waals surface area contributed by atoms with Gasteiger partial charge >= 0.3 is 0 Å². The van der Waals surface area contributed by atoms with Gasteiger partial charge in [-0.1, -0.05) is 24.3 Å². The number of hydrogen-bond donors (Lipinski definition) is 1. The van der Waals surface area contributed by atoms with Crippen molar-refractivity contribution >= 4 is 29.8 Å². The minimum Gasteiger partial charge on any atom is -0.372 e. The molecule has 0 unspecified atom stereocenters. The number of nitrogens with one attached hydrogen (secondary N) is 1. The molecule has 8 heteroatoms. The van der Waals surface area contributed by atoms with Crippen LogP contribution in [-0.4, -0.2) is 53.5 Å². The number of benzene rings is 2. The highest BCUT2D eigenvalue weighted by Crippen LogP contribution is 2.15. The zero-order valence-corrected chi connectivity index (χ0v) is 19.3. The third-order valence-electron chi connectivity index (χ3n) is 5.28. The Bertz CT molecular complexity index is 997. The van der Waals surface area contributed by atoms with Crippen molar-refractivity contribution in [3.63, 3.8) is 0 Å². The third-order valence-corrected chi connectivity index (χ3v) is 5.28. The van der Waals surface area contributed by atoms with Crippen LogP contribution in [-0.2, 0) is 0 Å². The van der Waals surface area contributed by atoms with E-state index in [-0.39, 0.29) is 0 Å². The van der Waals surface area contributed by atoms with Crippen molar-refractivity contribution in [1.29, 1.82) is 0 Å². The molecule has 0 saturated carbocycles. The SMILES string of the molecule is CCN(CC)c1ccc(/C=N\n2cnnc2N/N=C/c2ccc(N(CC)CC)cc2)cc1. The Morgan fingerprint density at radius 3 is 1.78 bits per heavy atom. The molecule has 168 valence electrons. The van der Waals surface area contributed by atoms with Crippen LogP contribution in [0, 0.1) is 0 Å². The zero-order chi connectivity index (χ0) is 22.8. The molecule has 0 bridgehead atoms. The maximum atomic E-state index is 4.44. The smallest absolute Gasteiger partial charge is 0.265 e. The fraction of sp³-hybridized carbons (Fsp3) is 0.333. The van der Waals surface area contributed by atoms with Gasteiger partial charge in [-0.2, -0.15) is 14.9 Å². The largest absolute Gasteiger partial charge is 0.372 e. The van der Waals surface area contributed by atoms with Crippen LogP contribution in [0.15, 0.2) is 65.1 Å². The summed E-state index contributed by atoms with van der Waals surface area (Å²) in [7, 11) is 0. The summed E-state index contributed by atoms with van der Waals surface area (Å²) in [5.74, 6) is 0.442. The van der Waals surface area contributed by atoms with E-state index in [4.69, 9.17) is 0 Å². The second-order valence-corrected chi connectivity index (χ2v) is 7.14. The number of hydrazone groups is 1. The molecule has 3 aromatic rings. The van der Waals surface area contributed by atoms with Gasteiger partial charge in [0.15, 0.2) is 0 Å². The van der Waals surface area contributed by atoms with Crippen molar-refractivity contribution in [1.82, 2.24) is 14.9 Å². The molecule has 0 atom stereocenters. The summed E-state index contributed by atoms with van der Waals surface area (Å²) in [4.78, 5) is 4.61. The predicted molar refractivity (Wildman–Crippen MR) is 134 cm³/mol. The van der Waals surface area contributed by atoms with Gasteiger partial charge in [0.05, 0.1) is 12.4 Å². The lowest BCUT2D eigenvalue weighted by Crippen LogP contribution is -2.21. The zero-order valence-electron chi connectivity index (χ0n) is 19.3. The number of hydrogen-bond acceptors (Lipinski definition) is 7. The van der Waals surface area contributed by atoms with Crippen LogP contribution >= 0.6 is 0 Å². The first-order chi connectivity index (χ1) is 15.7. The molecule has 1 heterocycles. The number of nitrogens with zero attached hydrogens (tertiary/aromatic N) is 7. The highest BCUT2D eigenvalue weighted by atomic mass is 15.5. The lowest BCUT2D eigenvalue weighted by molar-refractivity contribution is 0.866. The molecule has 0 amide bonds. The van der Waals surface area contributed by atoms with E-state index >= 15 is 0 Å². The highest BCUT2D eigenvalue weighted by Gasteiger charge is 2.03. The maximum Gasteiger partial charge on any atom is 0.265 e. The van der Waals surface area contributed by atoms with Crippen LogP contribution in [0.25, 0.3) is 0 Å². The molecule has 1 aromatic heterocycles. The van der Waals surface area contributed by atoms with Crippen molar-refractivity contribution in [2.75, 3.05) is 41.4 Å². The maximum absolute atomic E-state index is 4.44. The predicted octanol–water partition coefficient (Wildman–Crippen LogP) is 4.30. The third kappa shape index (κ3) is 5.94. The topological polar surface area (TPSA) is 73.9 Å². The van der Waals surface area contributed by atoms with Gasteiger partial charge in [-0.05, 0) is 63.1 Å². The molecule has 3 rings (SSSR count). The van der Waals surface area contributed by atoms with E-state index in [1.807, 2.05) is 12.1 Å². The summed E-state index contributed by atoms with van der Waals surface area (Å²) in [6.07, 6.45) is 5.06. The standard InChI is InChI=1S/C24H32N8/c1-5-30(6-2)22-13-9-20(10-14-22)17-25-28-24-29-26-19-32(24)27-18-21-11-15-23(16-12-21)31(7-3)8-4/h9-19H,5-8H2,1-4H3,(H,28,29)/b25-17+,27-18-. The Hall–Kier alpha value is -3.68. The normalized spacial score (nSPS) is 11.4. The fourth-order valence-corrected chi connectivity index (χ4v) is 3.40. The second-order valence-electron chi connectivity index (χ2n) is 7.14. The Kier molecular flexibility index (Phi) is 8.36. The van der Waals surface area contributed by atoms with E-state index in [9.17, 15) is 0 Å². The van der Waals surface area contributed by atoms with Crippen LogP contribution in [0.1, 0.15) is 38.8 Å². The Morgan fingerprint density at radius 2 is 1.28 bits per heavy atom. The van der Waals surface area contributed by atoms with Crippen LogP contribution in [0.4, 0.5) is 17.3 Å². The summed E-state index contributed by atoms with van der Waals surface area (Å²) < 4.78 is 1.55. The second kappa shape index (κ2) is 11.6. The quantitative estimate of drug-likeness (QED) is 0.361. The number of aromatic nitrogens is 3. The van der Waals surface area contributed by atoms with Crippen molar-refractivity contribution < 1.29 is 0 Å². The van der Waals surface area contributed by atoms with Crippen LogP contribution < -0.4 is 15.2 Å². The summed E-state index contributed by atoms with van der Waals surface area (Å²) in [5, 5.41) is 16.7. The Labute approximate surface area is 190 Å². The minimum atomic E-state index is 0.442. The van der Waals surface area contributed by atoms with Crippen molar-refractivity contribution in [3.8, 4) is 0 Å². The average molecular weight is 433 g/mol. The van der Waals surface area contributed by atoms with Gasteiger partial charge in [0.1, 0.15) is 6.33 Å². The molecule has 0 aliphatic heterocycles. The van der Waals surface area contributed by atoms with Crippen LogP contribution in [0.3, 0.4) is 0 Å². The van der Waals surface area contributed by atoms with Gasteiger partial charge in [-0.15, -0.1) is 10.2 Å². The summed E-state index contributed by atoms with van der Waals surface area (Å²) >= 11 is 0. The Balaban J connectivity index is 1.61. The van der Waals surface area contributed by atoms with Gasteiger partial charge in [-0.25, -0.2) is 5.43 Å². The molecule has 2 aromatic carbocycles. The average Bonchev–Trinajstić information content (AvgIpc) is 3.28. The highest BCUT2D eigenvalue weighted by molar-refractivity contribution is 5.81. The molecule has 1 N–H and O–H groups in total. The van der Waals surface area contributed by atoms with Crippen molar-refractivity contribution in [2.24, 2.45) is 10.2 Å². The van der Waals surface area contributed by atoms with Gasteiger partial charge in [0.2, 0.25) is 0 Å². The number of anilines is 3. The van der Waals surface area contributed by atoms with Gasteiger partial charge in [0.25, 0.3) is 5.95 Å². The van der Waals surface area contributed by atoms with Gasteiger partial charge in [-0.3, -0.25) is 0 Å². The first-order valence-electron chi connectivity index (χ1n) is 11.1. The molecule has 0 spiro atoms. The fourth-order valence-electron chi connectivity index (χ4n) is 3.40. The van der Waals surface area contributed by atoms with E-state index in [1.165, 1.54) is 17.7 Å². The van der Waals surface area contributed by atoms with Gasteiger partial charge in [0, 0.05) is 37.6 Å². The van der Waals surface area contributed by atoms with Crippen LogP contribution in [0.5, 0.6) is 0 Å². The van der Waals surface area contributed by atoms with Gasteiger partial charge < -0.3 is 9.80 Å². The number of rotatable bonds is 11.